The van der Waals surface area contributed by atoms with Crippen molar-refractivity contribution in [1.29, 1.82) is 0 Å². The zero-order chi connectivity index (χ0) is 23.4. The fourth-order valence-electron chi connectivity index (χ4n) is 3.83. The summed E-state index contributed by atoms with van der Waals surface area (Å²) in [6.07, 6.45) is -2.96. The standard InChI is InChI=1S/C21H18F4N4O3/c1-10-15-17(30)14(20(31)32)9-29(13-4-2-11(3-5-13)21(23,24)25)18(15)27-19(16(10)22)28-7-6-12(26)8-28/h2-5,9,12H,6-8,26H2,1H3,(H,31,32)/t12-/m0/s1. The molecule has 3 N–H and O–H groups in total. The van der Waals surface area contributed by atoms with Crippen LogP contribution in [0.2, 0.25) is 0 Å². The summed E-state index contributed by atoms with van der Waals surface area (Å²) in [6.45, 7) is 2.11. The molecule has 1 fully saturated rings. The van der Waals surface area contributed by atoms with Gasteiger partial charge < -0.3 is 20.3 Å². The predicted octanol–water partition coefficient (Wildman–Crippen LogP) is 3.09. The number of carbonyl (C=O) groups is 1. The number of aromatic carboxylic acids is 1. The number of anilines is 1. The van der Waals surface area contributed by atoms with E-state index in [-0.39, 0.29) is 34.1 Å². The minimum Gasteiger partial charge on any atom is -0.477 e. The number of aryl methyl sites for hydroxylation is 1. The van der Waals surface area contributed by atoms with E-state index in [1.807, 2.05) is 0 Å². The second-order valence-corrected chi connectivity index (χ2v) is 7.66. The van der Waals surface area contributed by atoms with Crippen molar-refractivity contribution in [1.82, 2.24) is 9.55 Å². The quantitative estimate of drug-likeness (QED) is 0.595. The first-order valence-corrected chi connectivity index (χ1v) is 9.66. The average molecular weight is 450 g/mol. The van der Waals surface area contributed by atoms with Crippen molar-refractivity contribution >= 4 is 22.8 Å². The van der Waals surface area contributed by atoms with Crippen LogP contribution in [0, 0.1) is 12.7 Å². The van der Waals surface area contributed by atoms with E-state index in [4.69, 9.17) is 5.73 Å². The van der Waals surface area contributed by atoms with Gasteiger partial charge in [-0.3, -0.25) is 4.79 Å². The van der Waals surface area contributed by atoms with Crippen molar-refractivity contribution in [2.45, 2.75) is 25.6 Å². The van der Waals surface area contributed by atoms with E-state index >= 15 is 4.39 Å². The lowest BCUT2D eigenvalue weighted by atomic mass is 10.1. The first kappa shape index (κ1) is 21.8. The summed E-state index contributed by atoms with van der Waals surface area (Å²) in [5.41, 5.74) is 3.40. The molecule has 168 valence electrons. The zero-order valence-electron chi connectivity index (χ0n) is 16.8. The number of fused-ring (bicyclic) bond motifs is 1. The van der Waals surface area contributed by atoms with Crippen LogP contribution in [0.25, 0.3) is 16.7 Å². The number of carboxylic acids is 1. The summed E-state index contributed by atoms with van der Waals surface area (Å²) in [5.74, 6) is -2.37. The molecule has 11 heteroatoms. The van der Waals surface area contributed by atoms with Gasteiger partial charge in [0.2, 0.25) is 5.43 Å². The number of halogens is 4. The Bertz CT molecular complexity index is 1290. The van der Waals surface area contributed by atoms with E-state index in [9.17, 15) is 27.9 Å². The van der Waals surface area contributed by atoms with Gasteiger partial charge >= 0.3 is 12.1 Å². The minimum absolute atomic E-state index is 0.0499. The molecule has 2 aromatic heterocycles. The fourth-order valence-corrected chi connectivity index (χ4v) is 3.83. The number of hydrogen-bond acceptors (Lipinski definition) is 5. The summed E-state index contributed by atoms with van der Waals surface area (Å²) in [6, 6.07) is 3.74. The first-order chi connectivity index (χ1) is 15.0. The summed E-state index contributed by atoms with van der Waals surface area (Å²) >= 11 is 0. The van der Waals surface area contributed by atoms with Gasteiger partial charge in [0, 0.05) is 36.6 Å². The lowest BCUT2D eigenvalue weighted by Gasteiger charge is -2.21. The van der Waals surface area contributed by atoms with Gasteiger partial charge in [0.25, 0.3) is 0 Å². The zero-order valence-corrected chi connectivity index (χ0v) is 16.8. The molecule has 0 aliphatic carbocycles. The third kappa shape index (κ3) is 3.58. The number of benzene rings is 1. The van der Waals surface area contributed by atoms with Gasteiger partial charge in [-0.2, -0.15) is 13.2 Å². The number of rotatable bonds is 3. The van der Waals surface area contributed by atoms with E-state index in [1.165, 1.54) is 11.5 Å². The van der Waals surface area contributed by atoms with Gasteiger partial charge in [-0.1, -0.05) is 0 Å². The third-order valence-corrected chi connectivity index (χ3v) is 5.52. The molecule has 32 heavy (non-hydrogen) atoms. The smallest absolute Gasteiger partial charge is 0.416 e. The molecule has 1 aliphatic heterocycles. The maximum atomic E-state index is 15.2. The number of carboxylic acid groups (broad SMARTS) is 1. The lowest BCUT2D eigenvalue weighted by molar-refractivity contribution is -0.137. The molecule has 1 aromatic carbocycles. The van der Waals surface area contributed by atoms with Crippen molar-refractivity contribution in [3.63, 3.8) is 0 Å². The van der Waals surface area contributed by atoms with Crippen LogP contribution in [0.4, 0.5) is 23.4 Å². The van der Waals surface area contributed by atoms with Crippen molar-refractivity contribution in [2.75, 3.05) is 18.0 Å². The third-order valence-electron chi connectivity index (χ3n) is 5.52. The molecule has 0 unspecified atom stereocenters. The first-order valence-electron chi connectivity index (χ1n) is 9.66. The van der Waals surface area contributed by atoms with Gasteiger partial charge in [0.15, 0.2) is 17.3 Å². The van der Waals surface area contributed by atoms with E-state index in [1.54, 1.807) is 4.90 Å². The molecule has 1 atom stereocenters. The largest absolute Gasteiger partial charge is 0.477 e. The van der Waals surface area contributed by atoms with Crippen LogP contribution in [0.5, 0.6) is 0 Å². The highest BCUT2D eigenvalue weighted by Gasteiger charge is 2.31. The van der Waals surface area contributed by atoms with Crippen LogP contribution in [0.15, 0.2) is 35.3 Å². The van der Waals surface area contributed by atoms with Crippen LogP contribution in [-0.4, -0.2) is 39.8 Å². The van der Waals surface area contributed by atoms with Crippen molar-refractivity contribution in [3.8, 4) is 5.69 Å². The Morgan fingerprint density at radius 3 is 2.44 bits per heavy atom. The molecule has 0 radical (unpaired) electrons. The van der Waals surface area contributed by atoms with Crippen LogP contribution in [-0.2, 0) is 6.18 Å². The van der Waals surface area contributed by atoms with E-state index in [2.05, 4.69) is 4.98 Å². The van der Waals surface area contributed by atoms with Crippen LogP contribution >= 0.6 is 0 Å². The van der Waals surface area contributed by atoms with Crippen molar-refractivity contribution in [2.24, 2.45) is 5.73 Å². The van der Waals surface area contributed by atoms with Crippen molar-refractivity contribution in [3.05, 3.63) is 63.2 Å². The van der Waals surface area contributed by atoms with Gasteiger partial charge in [-0.05, 0) is 37.6 Å². The molecule has 4 rings (SSSR count). The topological polar surface area (TPSA) is 101 Å². The highest BCUT2D eigenvalue weighted by atomic mass is 19.4. The van der Waals surface area contributed by atoms with E-state index in [0.29, 0.717) is 19.5 Å². The van der Waals surface area contributed by atoms with Gasteiger partial charge in [0.05, 0.1) is 10.9 Å². The fraction of sp³-hybridized carbons (Fsp3) is 0.286. The minimum atomic E-state index is -4.56. The van der Waals surface area contributed by atoms with Gasteiger partial charge in [-0.25, -0.2) is 14.2 Å². The maximum Gasteiger partial charge on any atom is 0.416 e. The molecule has 0 amide bonds. The Kier molecular flexibility index (Phi) is 5.16. The number of pyridine rings is 2. The number of nitrogens with two attached hydrogens (primary N) is 1. The summed E-state index contributed by atoms with van der Waals surface area (Å²) < 4.78 is 55.2. The number of aromatic nitrogens is 2. The summed E-state index contributed by atoms with van der Waals surface area (Å²) in [4.78, 5) is 30.4. The van der Waals surface area contributed by atoms with Crippen LogP contribution < -0.4 is 16.1 Å². The Morgan fingerprint density at radius 2 is 1.91 bits per heavy atom. The molecule has 0 bridgehead atoms. The molecule has 0 spiro atoms. The number of alkyl halides is 3. The Balaban J connectivity index is 2.02. The molecular weight excluding hydrogens is 432 g/mol. The molecule has 1 aliphatic rings. The SMILES string of the molecule is Cc1c(F)c(N2CC[C@H](N)C2)nc2c1c(=O)c(C(=O)O)cn2-c1ccc(C(F)(F)F)cc1. The number of hydrogen-bond donors (Lipinski definition) is 2. The van der Waals surface area contributed by atoms with E-state index < -0.39 is 34.5 Å². The maximum absolute atomic E-state index is 15.2. The highest BCUT2D eigenvalue weighted by Crippen LogP contribution is 2.32. The van der Waals surface area contributed by atoms with E-state index in [0.717, 1.165) is 30.5 Å². The molecule has 1 saturated heterocycles. The monoisotopic (exact) mass is 450 g/mol. The van der Waals surface area contributed by atoms with Crippen molar-refractivity contribution < 1.29 is 27.5 Å². The summed E-state index contributed by atoms with van der Waals surface area (Å²) in [5, 5.41) is 9.21. The average Bonchev–Trinajstić information content (AvgIpc) is 3.15. The van der Waals surface area contributed by atoms with Crippen LogP contribution in [0.3, 0.4) is 0 Å². The van der Waals surface area contributed by atoms with Gasteiger partial charge in [0.1, 0.15) is 5.56 Å². The highest BCUT2D eigenvalue weighted by molar-refractivity contribution is 5.93. The normalized spacial score (nSPS) is 16.7. The lowest BCUT2D eigenvalue weighted by Crippen LogP contribution is -2.28. The predicted molar refractivity (Wildman–Crippen MR) is 109 cm³/mol. The summed E-state index contributed by atoms with van der Waals surface area (Å²) in [7, 11) is 0. The second-order valence-electron chi connectivity index (χ2n) is 7.66. The Labute approximate surface area is 178 Å². The molecule has 3 heterocycles. The molecule has 3 aromatic rings. The Morgan fingerprint density at radius 1 is 1.25 bits per heavy atom. The molecule has 7 nitrogen and oxygen atoms in total. The Hall–Kier alpha value is -3.47. The molecular formula is C21H18F4N4O3. The second kappa shape index (κ2) is 7.59. The van der Waals surface area contributed by atoms with Crippen LogP contribution in [0.1, 0.15) is 27.9 Å². The number of nitrogens with zero attached hydrogens (tertiary/aromatic N) is 3. The van der Waals surface area contributed by atoms with Gasteiger partial charge in [-0.15, -0.1) is 0 Å². The molecule has 0 saturated carbocycles.